The van der Waals surface area contributed by atoms with Gasteiger partial charge in [-0.05, 0) is 23.8 Å². The van der Waals surface area contributed by atoms with Crippen LogP contribution in [-0.2, 0) is 14.4 Å². The smallest absolute Gasteiger partial charge is 0.352 e. The van der Waals surface area contributed by atoms with Crippen LogP contribution in [0.15, 0.2) is 30.0 Å². The summed E-state index contributed by atoms with van der Waals surface area (Å²) < 4.78 is 0. The van der Waals surface area contributed by atoms with Crippen molar-refractivity contribution in [3.63, 3.8) is 0 Å². The molecule has 100 valence electrons. The van der Waals surface area contributed by atoms with Crippen molar-refractivity contribution >= 4 is 29.5 Å². The molecule has 0 atom stereocenters. The molecule has 0 aliphatic carbocycles. The van der Waals surface area contributed by atoms with Crippen LogP contribution in [-0.4, -0.2) is 22.9 Å². The van der Waals surface area contributed by atoms with E-state index in [4.69, 9.17) is 5.11 Å². The van der Waals surface area contributed by atoms with E-state index in [2.05, 4.69) is 10.6 Å². The van der Waals surface area contributed by atoms with Gasteiger partial charge in [-0.1, -0.05) is 12.1 Å². The molecule has 0 saturated carbocycles. The van der Waals surface area contributed by atoms with Gasteiger partial charge in [-0.2, -0.15) is 0 Å². The van der Waals surface area contributed by atoms with Crippen molar-refractivity contribution < 1.29 is 19.5 Å². The first-order chi connectivity index (χ1) is 8.88. The predicted molar refractivity (Wildman–Crippen MR) is 70.2 cm³/mol. The monoisotopic (exact) mass is 262 g/mol. The van der Waals surface area contributed by atoms with Crippen LogP contribution in [0, 0.1) is 0 Å². The first-order valence-electron chi connectivity index (χ1n) is 5.48. The number of amides is 2. The molecule has 1 rings (SSSR count). The largest absolute Gasteiger partial charge is 0.477 e. The lowest BCUT2D eigenvalue weighted by Gasteiger charge is -2.04. The fourth-order valence-corrected chi connectivity index (χ4v) is 1.37. The summed E-state index contributed by atoms with van der Waals surface area (Å²) >= 11 is 0. The Balaban J connectivity index is 2.92. The summed E-state index contributed by atoms with van der Waals surface area (Å²) in [5.41, 5.74) is 1.00. The normalized spacial score (nSPS) is 10.7. The molecule has 0 aromatic heterocycles. The summed E-state index contributed by atoms with van der Waals surface area (Å²) in [6.07, 6.45) is 1.33. The third-order valence-corrected chi connectivity index (χ3v) is 2.08. The Morgan fingerprint density at radius 2 is 1.63 bits per heavy atom. The van der Waals surface area contributed by atoms with Gasteiger partial charge in [0.2, 0.25) is 11.8 Å². The number of aliphatic carboxylic acids is 1. The van der Waals surface area contributed by atoms with Crippen LogP contribution in [0.4, 0.5) is 5.69 Å². The van der Waals surface area contributed by atoms with Crippen LogP contribution in [0.2, 0.25) is 0 Å². The van der Waals surface area contributed by atoms with Gasteiger partial charge in [-0.25, -0.2) is 4.79 Å². The number of benzene rings is 1. The topological polar surface area (TPSA) is 95.5 Å². The van der Waals surface area contributed by atoms with Crippen molar-refractivity contribution in [2.45, 2.75) is 13.8 Å². The van der Waals surface area contributed by atoms with Gasteiger partial charge in [0.05, 0.1) is 0 Å². The fraction of sp³-hybridized carbons (Fsp3) is 0.154. The first kappa shape index (κ1) is 14.4. The number of carbonyl (C=O) groups is 3. The molecule has 3 N–H and O–H groups in total. The molecule has 0 unspecified atom stereocenters. The minimum absolute atomic E-state index is 0.187. The van der Waals surface area contributed by atoms with Crippen LogP contribution in [0.5, 0.6) is 0 Å². The number of nitrogens with one attached hydrogen (secondary N) is 2. The van der Waals surface area contributed by atoms with Crippen molar-refractivity contribution in [3.05, 3.63) is 35.5 Å². The summed E-state index contributed by atoms with van der Waals surface area (Å²) in [7, 11) is 0. The number of carboxylic acid groups (broad SMARTS) is 1. The van der Waals surface area contributed by atoms with E-state index in [0.717, 1.165) is 0 Å². The van der Waals surface area contributed by atoms with E-state index >= 15 is 0 Å². The molecule has 0 aliphatic heterocycles. The molecule has 2 amide bonds. The molecule has 19 heavy (non-hydrogen) atoms. The number of anilines is 1. The molecular weight excluding hydrogens is 248 g/mol. The third-order valence-electron chi connectivity index (χ3n) is 2.08. The first-order valence-corrected chi connectivity index (χ1v) is 5.48. The van der Waals surface area contributed by atoms with E-state index < -0.39 is 11.9 Å². The van der Waals surface area contributed by atoms with Crippen molar-refractivity contribution in [2.75, 3.05) is 5.32 Å². The molecular formula is C13H14N2O4. The molecule has 0 saturated heterocycles. The standard InChI is InChI=1S/C13H14N2O4/c1-8(16)14-11-5-3-10(4-6-11)7-12(13(18)19)15-9(2)17/h3-7H,1-2H3,(H,14,16)(H,15,17)(H,18,19)/b12-7-. The van der Waals surface area contributed by atoms with Gasteiger partial charge in [-0.15, -0.1) is 0 Å². The van der Waals surface area contributed by atoms with Crippen LogP contribution in [0.3, 0.4) is 0 Å². The highest BCUT2D eigenvalue weighted by molar-refractivity contribution is 5.96. The van der Waals surface area contributed by atoms with Crippen LogP contribution >= 0.6 is 0 Å². The lowest BCUT2D eigenvalue weighted by Crippen LogP contribution is -2.24. The van der Waals surface area contributed by atoms with Crippen LogP contribution in [0.25, 0.3) is 6.08 Å². The van der Waals surface area contributed by atoms with Crippen LogP contribution in [0.1, 0.15) is 19.4 Å². The molecule has 0 radical (unpaired) electrons. The number of carboxylic acids is 1. The molecule has 1 aromatic carbocycles. The van der Waals surface area contributed by atoms with Crippen molar-refractivity contribution in [1.29, 1.82) is 0 Å². The SMILES string of the molecule is CC(=O)N/C(=C\c1ccc(NC(C)=O)cc1)C(=O)O. The predicted octanol–water partition coefficient (Wildman–Crippen LogP) is 1.21. The number of hydrogen-bond acceptors (Lipinski definition) is 3. The Labute approximate surface area is 110 Å². The lowest BCUT2D eigenvalue weighted by molar-refractivity contribution is -0.134. The molecule has 0 spiro atoms. The summed E-state index contributed by atoms with van der Waals surface area (Å²) in [5, 5.41) is 13.7. The molecule has 0 heterocycles. The van der Waals surface area contributed by atoms with Gasteiger partial charge in [0, 0.05) is 19.5 Å². The van der Waals surface area contributed by atoms with Crippen LogP contribution < -0.4 is 10.6 Å². The van der Waals surface area contributed by atoms with E-state index in [1.54, 1.807) is 24.3 Å². The Kier molecular flexibility index (Phi) is 4.82. The Morgan fingerprint density at radius 3 is 2.05 bits per heavy atom. The average Bonchev–Trinajstić information content (AvgIpc) is 2.29. The maximum Gasteiger partial charge on any atom is 0.352 e. The van der Waals surface area contributed by atoms with Gasteiger partial charge >= 0.3 is 5.97 Å². The van der Waals surface area contributed by atoms with Gasteiger partial charge in [-0.3, -0.25) is 9.59 Å². The fourth-order valence-electron chi connectivity index (χ4n) is 1.37. The Hall–Kier alpha value is -2.63. The summed E-state index contributed by atoms with van der Waals surface area (Å²) in [6, 6.07) is 6.55. The van der Waals surface area contributed by atoms with E-state index in [-0.39, 0.29) is 11.6 Å². The minimum Gasteiger partial charge on any atom is -0.477 e. The highest BCUT2D eigenvalue weighted by Gasteiger charge is 2.08. The quantitative estimate of drug-likeness (QED) is 0.710. The van der Waals surface area contributed by atoms with Crippen molar-refractivity contribution in [3.8, 4) is 0 Å². The minimum atomic E-state index is -1.22. The summed E-state index contributed by atoms with van der Waals surface area (Å²) in [5.74, 6) is -1.86. The number of rotatable bonds is 4. The van der Waals surface area contributed by atoms with E-state index in [9.17, 15) is 14.4 Å². The van der Waals surface area contributed by atoms with E-state index in [1.165, 1.54) is 19.9 Å². The Morgan fingerprint density at radius 1 is 1.05 bits per heavy atom. The summed E-state index contributed by atoms with van der Waals surface area (Å²) in [4.78, 5) is 32.6. The number of hydrogen-bond donors (Lipinski definition) is 3. The molecule has 6 heteroatoms. The summed E-state index contributed by atoms with van der Waals surface area (Å²) in [6.45, 7) is 2.63. The molecule has 6 nitrogen and oxygen atoms in total. The highest BCUT2D eigenvalue weighted by atomic mass is 16.4. The van der Waals surface area contributed by atoms with E-state index in [0.29, 0.717) is 11.3 Å². The van der Waals surface area contributed by atoms with Gasteiger partial charge in [0.25, 0.3) is 0 Å². The molecule has 0 aliphatic rings. The second-order valence-corrected chi connectivity index (χ2v) is 3.85. The van der Waals surface area contributed by atoms with E-state index in [1.807, 2.05) is 0 Å². The third kappa shape index (κ3) is 5.03. The maximum absolute atomic E-state index is 10.9. The molecule has 0 fully saturated rings. The zero-order valence-electron chi connectivity index (χ0n) is 10.6. The zero-order valence-corrected chi connectivity index (χ0v) is 10.6. The maximum atomic E-state index is 10.9. The molecule has 0 bridgehead atoms. The van der Waals surface area contributed by atoms with Gasteiger partial charge < -0.3 is 15.7 Å². The average molecular weight is 262 g/mol. The molecule has 1 aromatic rings. The number of carbonyl (C=O) groups excluding carboxylic acids is 2. The lowest BCUT2D eigenvalue weighted by atomic mass is 10.1. The second kappa shape index (κ2) is 6.34. The van der Waals surface area contributed by atoms with Gasteiger partial charge in [0.15, 0.2) is 0 Å². The Bertz CT molecular complexity index is 532. The van der Waals surface area contributed by atoms with Gasteiger partial charge in [0.1, 0.15) is 5.70 Å². The van der Waals surface area contributed by atoms with Crippen molar-refractivity contribution in [2.24, 2.45) is 0 Å². The highest BCUT2D eigenvalue weighted by Crippen LogP contribution is 2.12. The zero-order chi connectivity index (χ0) is 14.4. The second-order valence-electron chi connectivity index (χ2n) is 3.85. The van der Waals surface area contributed by atoms with Crippen molar-refractivity contribution in [1.82, 2.24) is 5.32 Å².